The molecule has 4 heteroatoms. The number of ether oxygens (including phenoxy) is 1. The molecule has 0 radical (unpaired) electrons. The van der Waals surface area contributed by atoms with Crippen LogP contribution in [0, 0.1) is 0 Å². The Morgan fingerprint density at radius 3 is 3.10 bits per heavy atom. The zero-order valence-electron chi connectivity index (χ0n) is 12.6. The minimum atomic E-state index is 0.684. The fraction of sp³-hybridized carbons (Fsp3) is 0.688. The standard InChI is InChI=1S/C16H25N3O/c1-3-14-11-18-8-4-5-15(18)12-19(14)10-13-6-7-17-16(9-13)20-2/h6-7,9,14-15H,3-5,8,10-12H2,1-2H3. The van der Waals surface area contributed by atoms with Crippen LogP contribution in [0.1, 0.15) is 31.7 Å². The van der Waals surface area contributed by atoms with Crippen molar-refractivity contribution in [3.8, 4) is 5.88 Å². The molecule has 0 aliphatic carbocycles. The van der Waals surface area contributed by atoms with Gasteiger partial charge in [0.15, 0.2) is 0 Å². The minimum absolute atomic E-state index is 0.684. The van der Waals surface area contributed by atoms with Gasteiger partial charge in [0.1, 0.15) is 0 Å². The molecule has 0 saturated carbocycles. The van der Waals surface area contributed by atoms with E-state index in [1.165, 1.54) is 44.5 Å². The van der Waals surface area contributed by atoms with Gasteiger partial charge < -0.3 is 4.74 Å². The molecule has 0 N–H and O–H groups in total. The molecular weight excluding hydrogens is 250 g/mol. The molecule has 2 aliphatic heterocycles. The Morgan fingerprint density at radius 2 is 2.30 bits per heavy atom. The highest BCUT2D eigenvalue weighted by Gasteiger charge is 2.35. The minimum Gasteiger partial charge on any atom is -0.481 e. The molecule has 2 atom stereocenters. The first kappa shape index (κ1) is 13.8. The van der Waals surface area contributed by atoms with Crippen LogP contribution in [0.25, 0.3) is 0 Å². The van der Waals surface area contributed by atoms with Gasteiger partial charge in [-0.25, -0.2) is 4.98 Å². The van der Waals surface area contributed by atoms with Gasteiger partial charge in [0, 0.05) is 44.0 Å². The summed E-state index contributed by atoms with van der Waals surface area (Å²) in [7, 11) is 1.68. The average molecular weight is 275 g/mol. The third-order valence-electron chi connectivity index (χ3n) is 4.77. The highest BCUT2D eigenvalue weighted by atomic mass is 16.5. The molecule has 110 valence electrons. The average Bonchev–Trinajstić information content (AvgIpc) is 2.93. The number of methoxy groups -OCH3 is 1. The monoisotopic (exact) mass is 275 g/mol. The third kappa shape index (κ3) is 2.81. The number of hydrogen-bond acceptors (Lipinski definition) is 4. The zero-order chi connectivity index (χ0) is 13.9. The number of nitrogens with zero attached hydrogens (tertiary/aromatic N) is 3. The molecule has 1 aromatic heterocycles. The third-order valence-corrected chi connectivity index (χ3v) is 4.77. The van der Waals surface area contributed by atoms with Gasteiger partial charge in [-0.05, 0) is 37.4 Å². The Kier molecular flexibility index (Phi) is 4.22. The van der Waals surface area contributed by atoms with E-state index >= 15 is 0 Å². The van der Waals surface area contributed by atoms with Gasteiger partial charge in [-0.2, -0.15) is 0 Å². The van der Waals surface area contributed by atoms with Gasteiger partial charge in [-0.1, -0.05) is 6.92 Å². The fourth-order valence-corrected chi connectivity index (χ4v) is 3.62. The zero-order valence-corrected chi connectivity index (χ0v) is 12.6. The fourth-order valence-electron chi connectivity index (χ4n) is 3.62. The topological polar surface area (TPSA) is 28.6 Å². The lowest BCUT2D eigenvalue weighted by molar-refractivity contribution is 0.0436. The van der Waals surface area contributed by atoms with Gasteiger partial charge in [0.25, 0.3) is 0 Å². The van der Waals surface area contributed by atoms with E-state index < -0.39 is 0 Å². The van der Waals surface area contributed by atoms with Crippen LogP contribution in [0.15, 0.2) is 18.3 Å². The van der Waals surface area contributed by atoms with Crippen molar-refractivity contribution < 1.29 is 4.74 Å². The molecule has 2 saturated heterocycles. The van der Waals surface area contributed by atoms with Crippen LogP contribution in [-0.2, 0) is 6.54 Å². The van der Waals surface area contributed by atoms with E-state index in [1.807, 2.05) is 6.20 Å². The van der Waals surface area contributed by atoms with Gasteiger partial charge >= 0.3 is 0 Å². The van der Waals surface area contributed by atoms with Crippen LogP contribution >= 0.6 is 0 Å². The van der Waals surface area contributed by atoms with Crippen LogP contribution in [0.4, 0.5) is 0 Å². The van der Waals surface area contributed by atoms with Crippen molar-refractivity contribution in [2.75, 3.05) is 26.7 Å². The summed E-state index contributed by atoms with van der Waals surface area (Å²) in [6.07, 6.45) is 5.82. The molecule has 3 heterocycles. The van der Waals surface area contributed by atoms with Crippen molar-refractivity contribution in [3.63, 3.8) is 0 Å². The first-order valence-electron chi connectivity index (χ1n) is 7.77. The van der Waals surface area contributed by atoms with Crippen molar-refractivity contribution in [1.29, 1.82) is 0 Å². The van der Waals surface area contributed by atoms with E-state index in [1.54, 1.807) is 7.11 Å². The number of pyridine rings is 1. The van der Waals surface area contributed by atoms with E-state index in [4.69, 9.17) is 4.74 Å². The summed E-state index contributed by atoms with van der Waals surface area (Å²) in [5.41, 5.74) is 1.31. The quantitative estimate of drug-likeness (QED) is 0.842. The molecule has 0 aromatic carbocycles. The van der Waals surface area contributed by atoms with Crippen LogP contribution in [0.2, 0.25) is 0 Å². The molecule has 2 unspecified atom stereocenters. The number of piperazine rings is 1. The van der Waals surface area contributed by atoms with Crippen LogP contribution in [-0.4, -0.2) is 53.6 Å². The maximum atomic E-state index is 5.23. The first-order chi connectivity index (χ1) is 9.80. The lowest BCUT2D eigenvalue weighted by Crippen LogP contribution is -2.55. The smallest absolute Gasteiger partial charge is 0.213 e. The summed E-state index contributed by atoms with van der Waals surface area (Å²) in [6.45, 7) is 7.08. The molecule has 0 amide bonds. The highest BCUT2D eigenvalue weighted by Crippen LogP contribution is 2.27. The summed E-state index contributed by atoms with van der Waals surface area (Å²) < 4.78 is 5.23. The van der Waals surface area contributed by atoms with Gasteiger partial charge in [0.05, 0.1) is 7.11 Å². The summed E-state index contributed by atoms with van der Waals surface area (Å²) in [4.78, 5) is 9.54. The second kappa shape index (κ2) is 6.10. The molecule has 2 fully saturated rings. The molecular formula is C16H25N3O. The molecule has 3 rings (SSSR count). The maximum absolute atomic E-state index is 5.23. The van der Waals surface area contributed by atoms with Crippen molar-refractivity contribution in [1.82, 2.24) is 14.8 Å². The second-order valence-electron chi connectivity index (χ2n) is 5.99. The van der Waals surface area contributed by atoms with Gasteiger partial charge in [0.2, 0.25) is 5.88 Å². The number of aromatic nitrogens is 1. The lowest BCUT2D eigenvalue weighted by atomic mass is 10.0. The van der Waals surface area contributed by atoms with Crippen LogP contribution in [0.5, 0.6) is 5.88 Å². The Labute approximate surface area is 121 Å². The molecule has 1 aromatic rings. The SMILES string of the molecule is CCC1CN2CCCC2CN1Cc1ccnc(OC)c1. The Hall–Kier alpha value is -1.13. The Balaban J connectivity index is 1.70. The maximum Gasteiger partial charge on any atom is 0.213 e. The first-order valence-corrected chi connectivity index (χ1v) is 7.77. The second-order valence-corrected chi connectivity index (χ2v) is 5.99. The van der Waals surface area contributed by atoms with Crippen molar-refractivity contribution >= 4 is 0 Å². The largest absolute Gasteiger partial charge is 0.481 e. The van der Waals surface area contributed by atoms with Crippen molar-refractivity contribution in [2.24, 2.45) is 0 Å². The van der Waals surface area contributed by atoms with Gasteiger partial charge in [-0.3, -0.25) is 9.80 Å². The summed E-state index contributed by atoms with van der Waals surface area (Å²) in [5, 5.41) is 0. The molecule has 0 bridgehead atoms. The van der Waals surface area contributed by atoms with Gasteiger partial charge in [-0.15, -0.1) is 0 Å². The Bertz CT molecular complexity index is 451. The Morgan fingerprint density at radius 1 is 1.40 bits per heavy atom. The van der Waals surface area contributed by atoms with E-state index in [0.717, 1.165) is 18.5 Å². The molecule has 0 spiro atoms. The predicted molar refractivity (Wildman–Crippen MR) is 79.9 cm³/mol. The number of fused-ring (bicyclic) bond motifs is 1. The summed E-state index contributed by atoms with van der Waals surface area (Å²) in [5.74, 6) is 0.718. The molecule has 2 aliphatic rings. The molecule has 4 nitrogen and oxygen atoms in total. The number of rotatable bonds is 4. The van der Waals surface area contributed by atoms with E-state index in [0.29, 0.717) is 6.04 Å². The van der Waals surface area contributed by atoms with E-state index in [9.17, 15) is 0 Å². The van der Waals surface area contributed by atoms with Crippen molar-refractivity contribution in [2.45, 2.75) is 44.8 Å². The molecule has 20 heavy (non-hydrogen) atoms. The van der Waals surface area contributed by atoms with Crippen LogP contribution < -0.4 is 4.74 Å². The van der Waals surface area contributed by atoms with E-state index in [2.05, 4.69) is 33.8 Å². The predicted octanol–water partition coefficient (Wildman–Crippen LogP) is 2.15. The summed E-state index contributed by atoms with van der Waals surface area (Å²) >= 11 is 0. The van der Waals surface area contributed by atoms with Crippen molar-refractivity contribution in [3.05, 3.63) is 23.9 Å². The number of hydrogen-bond donors (Lipinski definition) is 0. The normalized spacial score (nSPS) is 27.5. The van der Waals surface area contributed by atoms with E-state index in [-0.39, 0.29) is 0 Å². The lowest BCUT2D eigenvalue weighted by Gasteiger charge is -2.43. The highest BCUT2D eigenvalue weighted by molar-refractivity contribution is 5.20. The summed E-state index contributed by atoms with van der Waals surface area (Å²) in [6, 6.07) is 5.63. The van der Waals surface area contributed by atoms with Crippen LogP contribution in [0.3, 0.4) is 0 Å².